The molecule has 3 heteroatoms. The molecular weight excluding hydrogens is 226 g/mol. The monoisotopic (exact) mass is 247 g/mol. The standard InChI is InChI=1S/C15H21NO2/c1-4-14(17)13-7-5-6-12(9-13)10-16-15(18)8-11(2)3/h5-7,9,11H,4,8,10H2,1-3H3,(H,16,18). The summed E-state index contributed by atoms with van der Waals surface area (Å²) < 4.78 is 0. The normalized spacial score (nSPS) is 10.4. The zero-order valence-electron chi connectivity index (χ0n) is 11.3. The SMILES string of the molecule is CCC(=O)c1cccc(CNC(=O)CC(C)C)c1. The molecule has 0 saturated carbocycles. The number of hydrogen-bond acceptors (Lipinski definition) is 2. The van der Waals surface area contributed by atoms with Crippen LogP contribution >= 0.6 is 0 Å². The van der Waals surface area contributed by atoms with Crippen molar-refractivity contribution in [1.82, 2.24) is 5.32 Å². The minimum absolute atomic E-state index is 0.0530. The fourth-order valence-electron chi connectivity index (χ4n) is 1.70. The van der Waals surface area contributed by atoms with Crippen molar-refractivity contribution in [3.63, 3.8) is 0 Å². The maximum absolute atomic E-state index is 11.6. The molecule has 1 N–H and O–H groups in total. The Kier molecular flexibility index (Phi) is 5.56. The van der Waals surface area contributed by atoms with E-state index >= 15 is 0 Å². The van der Waals surface area contributed by atoms with Crippen LogP contribution in [0.1, 0.15) is 49.5 Å². The van der Waals surface area contributed by atoms with Gasteiger partial charge in [0.05, 0.1) is 0 Å². The van der Waals surface area contributed by atoms with E-state index in [2.05, 4.69) is 5.32 Å². The molecule has 0 radical (unpaired) electrons. The number of Topliss-reactive ketones (excluding diaryl/α,β-unsaturated/α-hetero) is 1. The van der Waals surface area contributed by atoms with E-state index < -0.39 is 0 Å². The van der Waals surface area contributed by atoms with Crippen molar-refractivity contribution < 1.29 is 9.59 Å². The smallest absolute Gasteiger partial charge is 0.220 e. The predicted molar refractivity (Wildman–Crippen MR) is 72.4 cm³/mol. The van der Waals surface area contributed by atoms with Crippen LogP contribution in [0.15, 0.2) is 24.3 Å². The Morgan fingerprint density at radius 2 is 2.00 bits per heavy atom. The maximum atomic E-state index is 11.6. The van der Waals surface area contributed by atoms with E-state index in [-0.39, 0.29) is 11.7 Å². The number of ketones is 1. The second-order valence-corrected chi connectivity index (χ2v) is 4.85. The van der Waals surface area contributed by atoms with Gasteiger partial charge in [-0.05, 0) is 17.5 Å². The zero-order chi connectivity index (χ0) is 13.5. The quantitative estimate of drug-likeness (QED) is 0.786. The van der Waals surface area contributed by atoms with Gasteiger partial charge in [-0.2, -0.15) is 0 Å². The maximum Gasteiger partial charge on any atom is 0.220 e. The summed E-state index contributed by atoms with van der Waals surface area (Å²) in [7, 11) is 0. The van der Waals surface area contributed by atoms with Gasteiger partial charge in [0, 0.05) is 24.9 Å². The lowest BCUT2D eigenvalue weighted by Crippen LogP contribution is -2.24. The van der Waals surface area contributed by atoms with Crippen LogP contribution in [0.4, 0.5) is 0 Å². The number of carbonyl (C=O) groups excluding carboxylic acids is 2. The number of nitrogens with one attached hydrogen (secondary N) is 1. The first kappa shape index (κ1) is 14.4. The van der Waals surface area contributed by atoms with Gasteiger partial charge in [-0.15, -0.1) is 0 Å². The lowest BCUT2D eigenvalue weighted by molar-refractivity contribution is -0.121. The molecule has 1 rings (SSSR count). The van der Waals surface area contributed by atoms with Gasteiger partial charge in [-0.3, -0.25) is 9.59 Å². The highest BCUT2D eigenvalue weighted by atomic mass is 16.1. The topological polar surface area (TPSA) is 46.2 Å². The number of benzene rings is 1. The van der Waals surface area contributed by atoms with Crippen molar-refractivity contribution in [1.29, 1.82) is 0 Å². The minimum atomic E-state index is 0.0530. The highest BCUT2D eigenvalue weighted by molar-refractivity contribution is 5.95. The van der Waals surface area contributed by atoms with Crippen LogP contribution in [0, 0.1) is 5.92 Å². The van der Waals surface area contributed by atoms with E-state index in [0.717, 1.165) is 5.56 Å². The number of amides is 1. The van der Waals surface area contributed by atoms with Crippen molar-refractivity contribution in [2.24, 2.45) is 5.92 Å². The molecule has 0 saturated heterocycles. The zero-order valence-corrected chi connectivity index (χ0v) is 11.3. The lowest BCUT2D eigenvalue weighted by Gasteiger charge is -2.08. The van der Waals surface area contributed by atoms with Gasteiger partial charge in [-0.1, -0.05) is 39.0 Å². The molecule has 0 unspecified atom stereocenters. The molecule has 0 spiro atoms. The molecule has 0 aliphatic rings. The second kappa shape index (κ2) is 6.94. The average Bonchev–Trinajstić information content (AvgIpc) is 2.35. The first-order chi connectivity index (χ1) is 8.52. The van der Waals surface area contributed by atoms with Crippen molar-refractivity contribution in [2.45, 2.75) is 40.2 Å². The predicted octanol–water partition coefficient (Wildman–Crippen LogP) is 2.94. The summed E-state index contributed by atoms with van der Waals surface area (Å²) in [6.45, 7) is 6.36. The molecule has 0 heterocycles. The summed E-state index contributed by atoms with van der Waals surface area (Å²) in [6, 6.07) is 7.43. The summed E-state index contributed by atoms with van der Waals surface area (Å²) in [5.41, 5.74) is 1.68. The fourth-order valence-corrected chi connectivity index (χ4v) is 1.70. The highest BCUT2D eigenvalue weighted by Gasteiger charge is 2.06. The molecular formula is C15H21NO2. The molecule has 0 aliphatic heterocycles. The Morgan fingerprint density at radius 3 is 2.61 bits per heavy atom. The van der Waals surface area contributed by atoms with E-state index in [4.69, 9.17) is 0 Å². The van der Waals surface area contributed by atoms with Crippen LogP contribution in [-0.2, 0) is 11.3 Å². The Balaban J connectivity index is 2.57. The summed E-state index contributed by atoms with van der Waals surface area (Å²) in [5.74, 6) is 0.542. The number of carbonyl (C=O) groups is 2. The third-order valence-electron chi connectivity index (χ3n) is 2.65. The summed E-state index contributed by atoms with van der Waals surface area (Å²) in [4.78, 5) is 23.1. The third kappa shape index (κ3) is 4.70. The minimum Gasteiger partial charge on any atom is -0.352 e. The largest absolute Gasteiger partial charge is 0.352 e. The van der Waals surface area contributed by atoms with Crippen LogP contribution in [0.5, 0.6) is 0 Å². The van der Waals surface area contributed by atoms with Gasteiger partial charge in [0.2, 0.25) is 5.91 Å². The summed E-state index contributed by atoms with van der Waals surface area (Å²) in [5, 5.41) is 2.86. The average molecular weight is 247 g/mol. The van der Waals surface area contributed by atoms with Crippen LogP contribution in [0.25, 0.3) is 0 Å². The van der Waals surface area contributed by atoms with Gasteiger partial charge in [-0.25, -0.2) is 0 Å². The van der Waals surface area contributed by atoms with Crippen molar-refractivity contribution in [3.8, 4) is 0 Å². The Bertz CT molecular complexity index is 424. The first-order valence-corrected chi connectivity index (χ1v) is 6.41. The molecule has 1 aromatic rings. The third-order valence-corrected chi connectivity index (χ3v) is 2.65. The lowest BCUT2D eigenvalue weighted by atomic mass is 10.1. The Morgan fingerprint density at radius 1 is 1.28 bits per heavy atom. The number of rotatable bonds is 6. The van der Waals surface area contributed by atoms with E-state index in [1.165, 1.54) is 0 Å². The molecule has 0 bridgehead atoms. The summed E-state index contributed by atoms with van der Waals surface area (Å²) in [6.07, 6.45) is 1.04. The van der Waals surface area contributed by atoms with Crippen LogP contribution < -0.4 is 5.32 Å². The van der Waals surface area contributed by atoms with Crippen LogP contribution in [0.2, 0.25) is 0 Å². The molecule has 18 heavy (non-hydrogen) atoms. The molecule has 3 nitrogen and oxygen atoms in total. The van der Waals surface area contributed by atoms with Crippen molar-refractivity contribution in [2.75, 3.05) is 0 Å². The molecule has 0 aromatic heterocycles. The molecule has 0 fully saturated rings. The van der Waals surface area contributed by atoms with Crippen molar-refractivity contribution >= 4 is 11.7 Å². The molecule has 1 aromatic carbocycles. The summed E-state index contributed by atoms with van der Waals surface area (Å²) >= 11 is 0. The van der Waals surface area contributed by atoms with E-state index in [1.807, 2.05) is 45.0 Å². The highest BCUT2D eigenvalue weighted by Crippen LogP contribution is 2.08. The van der Waals surface area contributed by atoms with Gasteiger partial charge < -0.3 is 5.32 Å². The van der Waals surface area contributed by atoms with E-state index in [0.29, 0.717) is 30.9 Å². The van der Waals surface area contributed by atoms with E-state index in [9.17, 15) is 9.59 Å². The molecule has 0 aliphatic carbocycles. The van der Waals surface area contributed by atoms with Crippen LogP contribution in [-0.4, -0.2) is 11.7 Å². The van der Waals surface area contributed by atoms with Gasteiger partial charge in [0.25, 0.3) is 0 Å². The molecule has 98 valence electrons. The van der Waals surface area contributed by atoms with E-state index in [1.54, 1.807) is 0 Å². The molecule has 1 amide bonds. The number of hydrogen-bond donors (Lipinski definition) is 1. The van der Waals surface area contributed by atoms with Gasteiger partial charge >= 0.3 is 0 Å². The van der Waals surface area contributed by atoms with Gasteiger partial charge in [0.15, 0.2) is 5.78 Å². The fraction of sp³-hybridized carbons (Fsp3) is 0.467. The first-order valence-electron chi connectivity index (χ1n) is 6.41. The second-order valence-electron chi connectivity index (χ2n) is 4.85. The van der Waals surface area contributed by atoms with Crippen molar-refractivity contribution in [3.05, 3.63) is 35.4 Å². The molecule has 0 atom stereocenters. The van der Waals surface area contributed by atoms with Gasteiger partial charge in [0.1, 0.15) is 0 Å². The van der Waals surface area contributed by atoms with Crippen LogP contribution in [0.3, 0.4) is 0 Å². The Labute approximate surface area is 109 Å². The Hall–Kier alpha value is -1.64.